The lowest BCUT2D eigenvalue weighted by molar-refractivity contribution is -0.113. The Bertz CT molecular complexity index is 831. The molecule has 0 bridgehead atoms. The van der Waals surface area contributed by atoms with Crippen molar-refractivity contribution in [2.75, 3.05) is 6.54 Å². The van der Waals surface area contributed by atoms with Crippen molar-refractivity contribution in [2.45, 2.75) is 55.6 Å². The van der Waals surface area contributed by atoms with Gasteiger partial charge in [-0.3, -0.25) is 9.69 Å². The summed E-state index contributed by atoms with van der Waals surface area (Å²) in [6, 6.07) is 8.90. The second-order valence-electron chi connectivity index (χ2n) is 7.78. The van der Waals surface area contributed by atoms with Crippen LogP contribution < -0.4 is 5.32 Å². The third kappa shape index (κ3) is 1.62. The molecule has 2 aliphatic carbocycles. The Hall–Kier alpha value is -1.81. The summed E-state index contributed by atoms with van der Waals surface area (Å²) in [5, 5.41) is 4.37. The van der Waals surface area contributed by atoms with Crippen LogP contribution in [0.4, 0.5) is 0 Å². The summed E-state index contributed by atoms with van der Waals surface area (Å²) in [6.07, 6.45) is 6.20. The molecule has 2 unspecified atom stereocenters. The zero-order chi connectivity index (χ0) is 15.2. The highest BCUT2D eigenvalue weighted by Gasteiger charge is 2.70. The van der Waals surface area contributed by atoms with Gasteiger partial charge in [0.1, 0.15) is 11.3 Å². The number of rotatable bonds is 3. The van der Waals surface area contributed by atoms with Gasteiger partial charge in [0.2, 0.25) is 0 Å². The fraction of sp³-hybridized carbons (Fsp3) is 0.526. The van der Waals surface area contributed by atoms with Gasteiger partial charge in [-0.05, 0) is 56.4 Å². The maximum atomic E-state index is 12.7. The molecule has 2 aromatic rings. The molecular weight excluding hydrogens is 288 g/mol. The molecule has 3 heterocycles. The van der Waals surface area contributed by atoms with E-state index < -0.39 is 0 Å². The van der Waals surface area contributed by atoms with Gasteiger partial charge >= 0.3 is 0 Å². The first-order valence-corrected chi connectivity index (χ1v) is 8.86. The predicted molar refractivity (Wildman–Crippen MR) is 86.5 cm³/mol. The number of piperidine rings is 1. The predicted octanol–water partition coefficient (Wildman–Crippen LogP) is 3.03. The van der Waals surface area contributed by atoms with Crippen molar-refractivity contribution in [1.29, 1.82) is 0 Å². The molecule has 4 heteroatoms. The normalized spacial score (nSPS) is 30.6. The van der Waals surface area contributed by atoms with E-state index in [-0.39, 0.29) is 5.91 Å². The number of carbonyl (C=O) groups is 1. The Balaban J connectivity index is 1.26. The molecule has 2 atom stereocenters. The van der Waals surface area contributed by atoms with Crippen LogP contribution in [0.1, 0.15) is 54.1 Å². The second-order valence-corrected chi connectivity index (χ2v) is 7.78. The quantitative estimate of drug-likeness (QED) is 0.948. The van der Waals surface area contributed by atoms with E-state index in [0.717, 1.165) is 22.3 Å². The van der Waals surface area contributed by atoms with Gasteiger partial charge in [-0.1, -0.05) is 0 Å². The fourth-order valence-corrected chi connectivity index (χ4v) is 4.72. The Morgan fingerprint density at radius 3 is 2.78 bits per heavy atom. The van der Waals surface area contributed by atoms with E-state index in [2.05, 4.69) is 16.3 Å². The van der Waals surface area contributed by atoms with E-state index in [1.165, 1.54) is 38.6 Å². The molecule has 1 spiro atoms. The SMILES string of the molecule is O=C(NC1C2CCN2C12CC2)c1ccc2oc(C3CC3)cc2c1. The number of furan rings is 1. The van der Waals surface area contributed by atoms with Crippen LogP contribution in [0, 0.1) is 0 Å². The molecule has 2 aliphatic heterocycles. The van der Waals surface area contributed by atoms with Crippen molar-refractivity contribution >= 4 is 16.9 Å². The van der Waals surface area contributed by atoms with Crippen LogP contribution in [-0.4, -0.2) is 35.0 Å². The summed E-state index contributed by atoms with van der Waals surface area (Å²) >= 11 is 0. The highest BCUT2D eigenvalue weighted by molar-refractivity contribution is 5.98. The molecule has 1 aromatic heterocycles. The van der Waals surface area contributed by atoms with E-state index in [1.54, 1.807) is 0 Å². The van der Waals surface area contributed by atoms with E-state index >= 15 is 0 Å². The summed E-state index contributed by atoms with van der Waals surface area (Å²) in [7, 11) is 0. The van der Waals surface area contributed by atoms with Gasteiger partial charge in [0.15, 0.2) is 0 Å². The van der Waals surface area contributed by atoms with Crippen molar-refractivity contribution in [3.8, 4) is 0 Å². The van der Waals surface area contributed by atoms with E-state index in [0.29, 0.717) is 23.5 Å². The number of fused-ring (bicyclic) bond motifs is 3. The molecule has 4 fully saturated rings. The molecule has 0 radical (unpaired) electrons. The van der Waals surface area contributed by atoms with E-state index in [1.807, 2.05) is 18.2 Å². The molecule has 4 aliphatic rings. The number of hydrogen-bond donors (Lipinski definition) is 1. The monoisotopic (exact) mass is 308 g/mol. The minimum absolute atomic E-state index is 0.0731. The van der Waals surface area contributed by atoms with Crippen molar-refractivity contribution in [1.82, 2.24) is 10.2 Å². The van der Waals surface area contributed by atoms with Crippen LogP contribution in [0.15, 0.2) is 28.7 Å². The number of hydrogen-bond acceptors (Lipinski definition) is 3. The van der Waals surface area contributed by atoms with Crippen molar-refractivity contribution in [2.24, 2.45) is 0 Å². The van der Waals surface area contributed by atoms with Crippen molar-refractivity contribution < 1.29 is 9.21 Å². The number of amides is 1. The van der Waals surface area contributed by atoms with Crippen LogP contribution >= 0.6 is 0 Å². The van der Waals surface area contributed by atoms with Gasteiger partial charge in [0.25, 0.3) is 5.91 Å². The minimum Gasteiger partial charge on any atom is -0.461 e. The summed E-state index contributed by atoms with van der Waals surface area (Å²) < 4.78 is 5.89. The molecule has 23 heavy (non-hydrogen) atoms. The average molecular weight is 308 g/mol. The third-order valence-electron chi connectivity index (χ3n) is 6.43. The Morgan fingerprint density at radius 2 is 2.09 bits per heavy atom. The highest BCUT2D eigenvalue weighted by atomic mass is 16.3. The summed E-state index contributed by atoms with van der Waals surface area (Å²) in [4.78, 5) is 15.3. The first kappa shape index (κ1) is 12.6. The topological polar surface area (TPSA) is 45.5 Å². The lowest BCUT2D eigenvalue weighted by Gasteiger charge is -2.63. The van der Waals surface area contributed by atoms with Crippen LogP contribution in [0.3, 0.4) is 0 Å². The van der Waals surface area contributed by atoms with Crippen LogP contribution in [0.5, 0.6) is 0 Å². The van der Waals surface area contributed by atoms with Gasteiger partial charge in [-0.2, -0.15) is 0 Å². The molecule has 118 valence electrons. The Kier molecular flexibility index (Phi) is 2.18. The first-order valence-electron chi connectivity index (χ1n) is 8.86. The van der Waals surface area contributed by atoms with Crippen molar-refractivity contribution in [3.63, 3.8) is 0 Å². The third-order valence-corrected chi connectivity index (χ3v) is 6.43. The molecule has 2 saturated heterocycles. The molecule has 6 rings (SSSR count). The van der Waals surface area contributed by atoms with Gasteiger partial charge in [-0.15, -0.1) is 0 Å². The fourth-order valence-electron chi connectivity index (χ4n) is 4.72. The largest absolute Gasteiger partial charge is 0.461 e. The number of carbonyl (C=O) groups excluding carboxylic acids is 1. The smallest absolute Gasteiger partial charge is 0.251 e. The lowest BCUT2D eigenvalue weighted by Crippen LogP contribution is -2.80. The standard InChI is InChI=1S/C19H20N2O2/c22-18(20-17-14-5-8-21(14)19(17)6-7-19)12-3-4-15-13(9-12)10-16(23-15)11-1-2-11/h3-4,9-11,14,17H,1-2,5-8H2,(H,20,22). The molecule has 1 N–H and O–H groups in total. The van der Waals surface area contributed by atoms with Gasteiger partial charge in [0.05, 0.1) is 6.04 Å². The number of benzene rings is 1. The lowest BCUT2D eigenvalue weighted by atomic mass is 9.75. The highest BCUT2D eigenvalue weighted by Crippen LogP contribution is 2.59. The van der Waals surface area contributed by atoms with E-state index in [4.69, 9.17) is 4.42 Å². The van der Waals surface area contributed by atoms with Gasteiger partial charge in [-0.25, -0.2) is 0 Å². The van der Waals surface area contributed by atoms with Crippen LogP contribution in [0.25, 0.3) is 11.0 Å². The van der Waals surface area contributed by atoms with Gasteiger partial charge < -0.3 is 9.73 Å². The van der Waals surface area contributed by atoms with Crippen LogP contribution in [0.2, 0.25) is 0 Å². The van der Waals surface area contributed by atoms with Crippen LogP contribution in [-0.2, 0) is 0 Å². The molecule has 1 aromatic carbocycles. The summed E-state index contributed by atoms with van der Waals surface area (Å²) in [5.41, 5.74) is 1.99. The summed E-state index contributed by atoms with van der Waals surface area (Å²) in [5.74, 6) is 1.76. The Labute approximate surface area is 134 Å². The molecule has 4 nitrogen and oxygen atoms in total. The average Bonchev–Trinajstić information content (AvgIpc) is 3.43. The summed E-state index contributed by atoms with van der Waals surface area (Å²) in [6.45, 7) is 1.22. The molecule has 1 amide bonds. The Morgan fingerprint density at radius 1 is 1.22 bits per heavy atom. The number of nitrogens with zero attached hydrogens (tertiary/aromatic N) is 1. The number of nitrogens with one attached hydrogen (secondary N) is 1. The first-order chi connectivity index (χ1) is 11.2. The second kappa shape index (κ2) is 3.99. The van der Waals surface area contributed by atoms with Crippen molar-refractivity contribution in [3.05, 3.63) is 35.6 Å². The minimum atomic E-state index is 0.0731. The zero-order valence-corrected chi connectivity index (χ0v) is 13.0. The molecular formula is C19H20N2O2. The van der Waals surface area contributed by atoms with E-state index in [9.17, 15) is 4.79 Å². The van der Waals surface area contributed by atoms with Gasteiger partial charge in [0, 0.05) is 35.0 Å². The maximum absolute atomic E-state index is 12.7. The zero-order valence-electron chi connectivity index (χ0n) is 13.0. The maximum Gasteiger partial charge on any atom is 0.251 e. The molecule has 2 saturated carbocycles.